The molecule has 2 aromatic rings. The van der Waals surface area contributed by atoms with E-state index in [9.17, 15) is 30.3 Å². The lowest BCUT2D eigenvalue weighted by Crippen LogP contribution is -2.61. The van der Waals surface area contributed by atoms with Crippen LogP contribution < -0.4 is 9.47 Å². The van der Waals surface area contributed by atoms with Crippen LogP contribution >= 0.6 is 0 Å². The number of aliphatic hydroxyl groups is 5. The number of esters is 1. The van der Waals surface area contributed by atoms with Gasteiger partial charge in [0.05, 0.1) is 12.7 Å². The Hall–Kier alpha value is -2.73. The number of ether oxygens (including phenoxy) is 4. The van der Waals surface area contributed by atoms with Crippen LogP contribution in [0.15, 0.2) is 42.5 Å². The van der Waals surface area contributed by atoms with Gasteiger partial charge in [-0.15, -0.1) is 0 Å². The van der Waals surface area contributed by atoms with E-state index >= 15 is 0 Å². The smallest absolute Gasteiger partial charge is 0.305 e. The molecule has 10 heteroatoms. The molecule has 1 fully saturated rings. The Morgan fingerprint density at radius 3 is 2.31 bits per heavy atom. The third-order valence-corrected chi connectivity index (χ3v) is 5.61. The van der Waals surface area contributed by atoms with Crippen LogP contribution in [0.1, 0.15) is 43.8 Å². The third-order valence-electron chi connectivity index (χ3n) is 5.61. The van der Waals surface area contributed by atoms with E-state index in [1.165, 1.54) is 13.0 Å². The maximum atomic E-state index is 11.3. The zero-order chi connectivity index (χ0) is 25.7. The van der Waals surface area contributed by atoms with E-state index in [1.807, 2.05) is 31.2 Å². The Balaban J connectivity index is 1.91. The van der Waals surface area contributed by atoms with Gasteiger partial charge in [0.15, 0.2) is 0 Å². The molecule has 1 aliphatic heterocycles. The molecule has 0 bridgehead atoms. The normalized spacial score (nSPS) is 26.0. The maximum absolute atomic E-state index is 11.3. The van der Waals surface area contributed by atoms with Crippen molar-refractivity contribution in [3.8, 4) is 11.5 Å². The van der Waals surface area contributed by atoms with Crippen molar-refractivity contribution < 1.29 is 49.3 Å². The lowest BCUT2D eigenvalue weighted by molar-refractivity contribution is -0.286. The first-order valence-electron chi connectivity index (χ1n) is 11.3. The molecule has 3 rings (SSSR count). The summed E-state index contributed by atoms with van der Waals surface area (Å²) in [6.45, 7) is 4.98. The monoisotopic (exact) mass is 492 g/mol. The summed E-state index contributed by atoms with van der Waals surface area (Å²) in [5.74, 6) is 0.226. The van der Waals surface area contributed by atoms with Crippen molar-refractivity contribution >= 4 is 5.97 Å². The van der Waals surface area contributed by atoms with Crippen molar-refractivity contribution in [3.63, 3.8) is 0 Å². The average Bonchev–Trinajstić information content (AvgIpc) is 2.81. The van der Waals surface area contributed by atoms with Crippen LogP contribution in [0.5, 0.6) is 11.5 Å². The van der Waals surface area contributed by atoms with Gasteiger partial charge in [-0.25, -0.2) is 0 Å². The Bertz CT molecular complexity index is 977. The Morgan fingerprint density at radius 1 is 1.03 bits per heavy atom. The van der Waals surface area contributed by atoms with Crippen LogP contribution in [0.3, 0.4) is 0 Å². The highest BCUT2D eigenvalue weighted by Crippen LogP contribution is 2.32. The highest BCUT2D eigenvalue weighted by Gasteiger charge is 2.46. The molecule has 192 valence electrons. The molecule has 1 unspecified atom stereocenters. The average molecular weight is 493 g/mol. The molecule has 0 radical (unpaired) electrons. The van der Waals surface area contributed by atoms with Gasteiger partial charge in [-0.3, -0.25) is 4.79 Å². The first-order chi connectivity index (χ1) is 16.6. The summed E-state index contributed by atoms with van der Waals surface area (Å²) in [5, 5.41) is 51.0. The predicted octanol–water partition coefficient (Wildman–Crippen LogP) is 0.797. The van der Waals surface area contributed by atoms with Gasteiger partial charge in [0.2, 0.25) is 12.6 Å². The maximum Gasteiger partial charge on any atom is 0.305 e. The molecule has 35 heavy (non-hydrogen) atoms. The molecule has 0 aromatic heterocycles. The van der Waals surface area contributed by atoms with Crippen LogP contribution in [0, 0.1) is 0 Å². The number of carbonyl (C=O) groups excluding carboxylic acids is 1. The SMILES string of the molecule is CCOc1ccc(Cc2ccc(C(O)OC(C)=O)cc2O[C@@H]2O[C@H]([C@H](C)O)[C@@H](O)[C@H](O)[C@H]2O)cc1. The first kappa shape index (κ1) is 26.9. The molecule has 0 saturated carbocycles. The van der Waals surface area contributed by atoms with E-state index in [2.05, 4.69) is 0 Å². The van der Waals surface area contributed by atoms with Gasteiger partial charge in [-0.2, -0.15) is 0 Å². The number of rotatable bonds is 9. The van der Waals surface area contributed by atoms with Crippen LogP contribution in [0.25, 0.3) is 0 Å². The van der Waals surface area contributed by atoms with Crippen molar-refractivity contribution in [1.82, 2.24) is 0 Å². The number of aliphatic hydroxyl groups excluding tert-OH is 5. The van der Waals surface area contributed by atoms with Crippen LogP contribution in [-0.2, 0) is 20.7 Å². The van der Waals surface area contributed by atoms with Gasteiger partial charge in [0.25, 0.3) is 0 Å². The van der Waals surface area contributed by atoms with Crippen LogP contribution in [0.2, 0.25) is 0 Å². The van der Waals surface area contributed by atoms with Gasteiger partial charge in [0, 0.05) is 18.9 Å². The molecular formula is C25H32O10. The van der Waals surface area contributed by atoms with E-state index < -0.39 is 49.1 Å². The fourth-order valence-electron chi connectivity index (χ4n) is 3.79. The van der Waals surface area contributed by atoms with E-state index in [4.69, 9.17) is 18.9 Å². The molecule has 0 spiro atoms. The van der Waals surface area contributed by atoms with Gasteiger partial charge in [-0.1, -0.05) is 24.3 Å². The third kappa shape index (κ3) is 6.69. The summed E-state index contributed by atoms with van der Waals surface area (Å²) < 4.78 is 21.8. The number of hydrogen-bond donors (Lipinski definition) is 5. The lowest BCUT2D eigenvalue weighted by atomic mass is 9.96. The standard InChI is InChI=1S/C25H32O10/c1-4-32-18-9-5-15(6-10-18)11-16-7-8-17(24(31)33-14(3)27)12-19(16)34-25-22(30)20(28)21(29)23(35-25)13(2)26/h5-10,12-13,20-26,28-31H,4,11H2,1-3H3/t13-,20-,21-,22+,23+,24?,25+/m0/s1. The second-order valence-electron chi connectivity index (χ2n) is 8.38. The van der Waals surface area contributed by atoms with Gasteiger partial charge < -0.3 is 44.5 Å². The molecule has 1 aliphatic rings. The zero-order valence-corrected chi connectivity index (χ0v) is 19.8. The highest BCUT2D eigenvalue weighted by molar-refractivity contribution is 5.66. The van der Waals surface area contributed by atoms with Crippen molar-refractivity contribution in [1.29, 1.82) is 0 Å². The second kappa shape index (κ2) is 11.8. The molecule has 0 aliphatic carbocycles. The number of carbonyl (C=O) groups is 1. The summed E-state index contributed by atoms with van der Waals surface area (Å²) in [6.07, 6.45) is -9.73. The van der Waals surface area contributed by atoms with E-state index in [0.717, 1.165) is 18.2 Å². The Labute approximate surface area is 203 Å². The molecule has 7 atom stereocenters. The minimum atomic E-state index is -1.63. The molecule has 10 nitrogen and oxygen atoms in total. The molecule has 5 N–H and O–H groups in total. The van der Waals surface area contributed by atoms with Crippen LogP contribution in [-0.4, -0.2) is 74.9 Å². The summed E-state index contributed by atoms with van der Waals surface area (Å²) >= 11 is 0. The fraction of sp³-hybridized carbons (Fsp3) is 0.480. The van der Waals surface area contributed by atoms with Crippen molar-refractivity contribution in [3.05, 3.63) is 59.2 Å². The van der Waals surface area contributed by atoms with Crippen molar-refractivity contribution in [2.45, 2.75) is 70.3 Å². The highest BCUT2D eigenvalue weighted by atomic mass is 16.7. The number of hydrogen-bond acceptors (Lipinski definition) is 10. The van der Waals surface area contributed by atoms with Gasteiger partial charge >= 0.3 is 5.97 Å². The second-order valence-corrected chi connectivity index (χ2v) is 8.38. The number of benzene rings is 2. The lowest BCUT2D eigenvalue weighted by Gasteiger charge is -2.41. The molecule has 1 saturated heterocycles. The first-order valence-corrected chi connectivity index (χ1v) is 11.3. The van der Waals surface area contributed by atoms with Crippen molar-refractivity contribution in [2.75, 3.05) is 6.61 Å². The summed E-state index contributed by atoms with van der Waals surface area (Å²) in [5.41, 5.74) is 1.76. The summed E-state index contributed by atoms with van der Waals surface area (Å²) in [4.78, 5) is 11.3. The topological polar surface area (TPSA) is 155 Å². The summed E-state index contributed by atoms with van der Waals surface area (Å²) in [6, 6.07) is 12.1. The fourth-order valence-corrected chi connectivity index (χ4v) is 3.79. The molecular weight excluding hydrogens is 460 g/mol. The Morgan fingerprint density at radius 2 is 1.71 bits per heavy atom. The Kier molecular flexibility index (Phi) is 9.06. The largest absolute Gasteiger partial charge is 0.494 e. The molecule has 2 aromatic carbocycles. The predicted molar refractivity (Wildman–Crippen MR) is 123 cm³/mol. The van der Waals surface area contributed by atoms with Crippen LogP contribution in [0.4, 0.5) is 0 Å². The van der Waals surface area contributed by atoms with Gasteiger partial charge in [0.1, 0.15) is 35.9 Å². The van der Waals surface area contributed by atoms with Gasteiger partial charge in [-0.05, 0) is 43.2 Å². The van der Waals surface area contributed by atoms with E-state index in [-0.39, 0.29) is 11.3 Å². The molecule has 0 amide bonds. The minimum absolute atomic E-state index is 0.180. The minimum Gasteiger partial charge on any atom is -0.494 e. The van der Waals surface area contributed by atoms with E-state index in [0.29, 0.717) is 18.6 Å². The van der Waals surface area contributed by atoms with Crippen molar-refractivity contribution in [2.24, 2.45) is 0 Å². The molecule has 1 heterocycles. The zero-order valence-electron chi connectivity index (χ0n) is 19.8. The summed E-state index contributed by atoms with van der Waals surface area (Å²) in [7, 11) is 0. The van der Waals surface area contributed by atoms with E-state index in [1.54, 1.807) is 12.1 Å². The quantitative estimate of drug-likeness (QED) is 0.251.